The van der Waals surface area contributed by atoms with E-state index in [9.17, 15) is 5.11 Å². The van der Waals surface area contributed by atoms with E-state index < -0.39 is 6.10 Å². The van der Waals surface area contributed by atoms with Gasteiger partial charge in [0.1, 0.15) is 24.4 Å². The largest absolute Gasteiger partial charge is 0.388 e. The van der Waals surface area contributed by atoms with Gasteiger partial charge in [0.15, 0.2) is 0 Å². The molecule has 0 aromatic heterocycles. The zero-order chi connectivity index (χ0) is 11.8. The average molecular weight is 230 g/mol. The standard InChI is InChI=1S/C12H22O4/c1-12(2,3)4-5-14-9-7-16-10-8(13)6-15-11(9)10/h8-11,13H,4-7H2,1-3H3/t8-,9+,10-,11-/m1/s1. The maximum atomic E-state index is 9.57. The Kier molecular flexibility index (Phi) is 3.54. The maximum Gasteiger partial charge on any atom is 0.115 e. The fraction of sp³-hybridized carbons (Fsp3) is 1.00. The van der Waals surface area contributed by atoms with Crippen LogP contribution in [0.3, 0.4) is 0 Å². The van der Waals surface area contributed by atoms with Gasteiger partial charge in [-0.1, -0.05) is 20.8 Å². The lowest BCUT2D eigenvalue weighted by molar-refractivity contribution is -0.0425. The molecule has 2 aliphatic rings. The van der Waals surface area contributed by atoms with Gasteiger partial charge in [0, 0.05) is 6.61 Å². The molecule has 0 saturated carbocycles. The fourth-order valence-electron chi connectivity index (χ4n) is 2.10. The number of rotatable bonds is 3. The van der Waals surface area contributed by atoms with Crippen molar-refractivity contribution in [2.24, 2.45) is 5.41 Å². The number of hydrogen-bond acceptors (Lipinski definition) is 4. The third-order valence-corrected chi connectivity index (χ3v) is 3.17. The van der Waals surface area contributed by atoms with Gasteiger partial charge in [0.2, 0.25) is 0 Å². The number of hydrogen-bond donors (Lipinski definition) is 1. The number of ether oxygens (including phenoxy) is 3. The van der Waals surface area contributed by atoms with Crippen molar-refractivity contribution < 1.29 is 19.3 Å². The van der Waals surface area contributed by atoms with Crippen LogP contribution >= 0.6 is 0 Å². The molecule has 2 heterocycles. The highest BCUT2D eigenvalue weighted by molar-refractivity contribution is 4.94. The van der Waals surface area contributed by atoms with E-state index in [0.717, 1.165) is 13.0 Å². The molecule has 1 N–H and O–H groups in total. The van der Waals surface area contributed by atoms with Crippen molar-refractivity contribution in [1.29, 1.82) is 0 Å². The summed E-state index contributed by atoms with van der Waals surface area (Å²) in [4.78, 5) is 0. The molecule has 2 saturated heterocycles. The molecule has 4 heteroatoms. The highest BCUT2D eigenvalue weighted by atomic mass is 16.6. The minimum Gasteiger partial charge on any atom is -0.388 e. The first-order chi connectivity index (χ1) is 7.47. The Balaban J connectivity index is 1.75. The normalized spacial score (nSPS) is 39.0. The third kappa shape index (κ3) is 2.74. The van der Waals surface area contributed by atoms with Crippen LogP contribution in [0.5, 0.6) is 0 Å². The minimum absolute atomic E-state index is 0.00972. The van der Waals surface area contributed by atoms with Gasteiger partial charge < -0.3 is 19.3 Å². The summed E-state index contributed by atoms with van der Waals surface area (Å²) in [5.41, 5.74) is 0.287. The lowest BCUT2D eigenvalue weighted by Crippen LogP contribution is -2.33. The maximum absolute atomic E-state index is 9.57. The molecule has 0 spiro atoms. The molecular weight excluding hydrogens is 208 g/mol. The van der Waals surface area contributed by atoms with E-state index in [1.807, 2.05) is 0 Å². The highest BCUT2D eigenvalue weighted by Gasteiger charge is 2.47. The number of aliphatic hydroxyl groups is 1. The highest BCUT2D eigenvalue weighted by Crippen LogP contribution is 2.29. The first-order valence-electron chi connectivity index (χ1n) is 6.00. The molecule has 94 valence electrons. The topological polar surface area (TPSA) is 47.9 Å². The summed E-state index contributed by atoms with van der Waals surface area (Å²) in [7, 11) is 0. The van der Waals surface area contributed by atoms with Crippen LogP contribution < -0.4 is 0 Å². The van der Waals surface area contributed by atoms with E-state index in [-0.39, 0.29) is 23.7 Å². The monoisotopic (exact) mass is 230 g/mol. The molecule has 16 heavy (non-hydrogen) atoms. The molecule has 0 bridgehead atoms. The van der Waals surface area contributed by atoms with Gasteiger partial charge >= 0.3 is 0 Å². The van der Waals surface area contributed by atoms with Crippen LogP contribution in [0.25, 0.3) is 0 Å². The van der Waals surface area contributed by atoms with E-state index in [2.05, 4.69) is 20.8 Å². The second-order valence-electron chi connectivity index (χ2n) is 5.88. The molecule has 0 aromatic carbocycles. The van der Waals surface area contributed by atoms with Crippen molar-refractivity contribution in [3.63, 3.8) is 0 Å². The Morgan fingerprint density at radius 1 is 1.19 bits per heavy atom. The first kappa shape index (κ1) is 12.3. The smallest absolute Gasteiger partial charge is 0.115 e. The molecule has 0 aromatic rings. The van der Waals surface area contributed by atoms with Gasteiger partial charge in [0.05, 0.1) is 13.2 Å². The van der Waals surface area contributed by atoms with Crippen LogP contribution in [0.2, 0.25) is 0 Å². The van der Waals surface area contributed by atoms with E-state index in [0.29, 0.717) is 13.2 Å². The minimum atomic E-state index is -0.485. The van der Waals surface area contributed by atoms with Crippen molar-refractivity contribution in [3.05, 3.63) is 0 Å². The van der Waals surface area contributed by atoms with Crippen molar-refractivity contribution in [1.82, 2.24) is 0 Å². The second-order valence-corrected chi connectivity index (χ2v) is 5.88. The summed E-state index contributed by atoms with van der Waals surface area (Å²) in [6.45, 7) is 8.21. The van der Waals surface area contributed by atoms with Crippen molar-refractivity contribution >= 4 is 0 Å². The van der Waals surface area contributed by atoms with Crippen LogP contribution in [0.1, 0.15) is 27.2 Å². The Labute approximate surface area is 96.9 Å². The zero-order valence-electron chi connectivity index (χ0n) is 10.3. The van der Waals surface area contributed by atoms with Crippen LogP contribution in [0, 0.1) is 5.41 Å². The van der Waals surface area contributed by atoms with E-state index >= 15 is 0 Å². The van der Waals surface area contributed by atoms with Crippen molar-refractivity contribution in [2.45, 2.75) is 51.6 Å². The summed E-state index contributed by atoms with van der Waals surface area (Å²) >= 11 is 0. The van der Waals surface area contributed by atoms with Gasteiger partial charge in [-0.15, -0.1) is 0 Å². The van der Waals surface area contributed by atoms with E-state index in [1.54, 1.807) is 0 Å². The van der Waals surface area contributed by atoms with Gasteiger partial charge in [0.25, 0.3) is 0 Å². The molecule has 2 rings (SSSR count). The molecule has 4 atom stereocenters. The predicted molar refractivity (Wildman–Crippen MR) is 59.3 cm³/mol. The summed E-state index contributed by atoms with van der Waals surface area (Å²) in [6.07, 6.45) is 0.268. The summed E-state index contributed by atoms with van der Waals surface area (Å²) in [5, 5.41) is 9.57. The fourth-order valence-corrected chi connectivity index (χ4v) is 2.10. The Hall–Kier alpha value is -0.160. The van der Waals surface area contributed by atoms with Crippen molar-refractivity contribution in [3.8, 4) is 0 Å². The molecule has 0 amide bonds. The summed E-state index contributed by atoms with van der Waals surface area (Å²) in [5.74, 6) is 0. The van der Waals surface area contributed by atoms with Crippen LogP contribution in [-0.2, 0) is 14.2 Å². The number of fused-ring (bicyclic) bond motifs is 1. The summed E-state index contributed by atoms with van der Waals surface area (Å²) in [6, 6.07) is 0. The molecule has 0 aliphatic carbocycles. The molecule has 2 fully saturated rings. The van der Waals surface area contributed by atoms with E-state index in [1.165, 1.54) is 0 Å². The van der Waals surface area contributed by atoms with E-state index in [4.69, 9.17) is 14.2 Å². The Morgan fingerprint density at radius 3 is 2.56 bits per heavy atom. The third-order valence-electron chi connectivity index (χ3n) is 3.17. The Bertz CT molecular complexity index is 236. The Morgan fingerprint density at radius 2 is 1.88 bits per heavy atom. The van der Waals surface area contributed by atoms with Gasteiger partial charge in [-0.3, -0.25) is 0 Å². The lowest BCUT2D eigenvalue weighted by Gasteiger charge is -2.21. The van der Waals surface area contributed by atoms with Crippen LogP contribution in [0.4, 0.5) is 0 Å². The average Bonchev–Trinajstić information content (AvgIpc) is 2.69. The molecule has 0 radical (unpaired) electrons. The van der Waals surface area contributed by atoms with Crippen LogP contribution in [0.15, 0.2) is 0 Å². The SMILES string of the molecule is CC(C)(C)CCO[C@H]1CO[C@H]2[C@@H]1OC[C@H]2O. The lowest BCUT2D eigenvalue weighted by atomic mass is 9.93. The van der Waals surface area contributed by atoms with Gasteiger partial charge in [-0.25, -0.2) is 0 Å². The summed E-state index contributed by atoms with van der Waals surface area (Å²) < 4.78 is 16.7. The predicted octanol–water partition coefficient (Wildman–Crippen LogP) is 0.966. The number of aliphatic hydroxyl groups excluding tert-OH is 1. The molecule has 0 unspecified atom stereocenters. The quantitative estimate of drug-likeness (QED) is 0.784. The van der Waals surface area contributed by atoms with Gasteiger partial charge in [-0.05, 0) is 11.8 Å². The second kappa shape index (κ2) is 4.61. The van der Waals surface area contributed by atoms with Crippen molar-refractivity contribution in [2.75, 3.05) is 19.8 Å². The molecule has 4 nitrogen and oxygen atoms in total. The van der Waals surface area contributed by atoms with Gasteiger partial charge in [-0.2, -0.15) is 0 Å². The van der Waals surface area contributed by atoms with Crippen LogP contribution in [-0.4, -0.2) is 49.3 Å². The zero-order valence-corrected chi connectivity index (χ0v) is 10.3. The first-order valence-corrected chi connectivity index (χ1v) is 6.00. The molecule has 2 aliphatic heterocycles. The molecular formula is C12H22O4.